The molecule has 64 valence electrons. The summed E-state index contributed by atoms with van der Waals surface area (Å²) in [5.74, 6) is 2.55. The minimum absolute atomic E-state index is 0.0264. The fourth-order valence-electron chi connectivity index (χ4n) is 0.900. The van der Waals surface area contributed by atoms with Crippen LogP contribution in [0, 0.1) is 12.3 Å². The third-order valence-electron chi connectivity index (χ3n) is 1.44. The largest absolute Gasteiger partial charge is 0.320 e. The first-order valence-electron chi connectivity index (χ1n) is 3.41. The SMILES string of the molecule is C#CCN1C(Cl)=CC=NC1SC. The van der Waals surface area contributed by atoms with E-state index in [-0.39, 0.29) is 5.50 Å². The molecule has 1 unspecified atom stereocenters. The van der Waals surface area contributed by atoms with Gasteiger partial charge in [-0.25, -0.2) is 0 Å². The number of hydrogen-bond acceptors (Lipinski definition) is 3. The second-order valence-electron chi connectivity index (χ2n) is 2.18. The third-order valence-corrected chi connectivity index (χ3v) is 2.58. The molecule has 0 aromatic rings. The molecule has 0 radical (unpaired) electrons. The van der Waals surface area contributed by atoms with Gasteiger partial charge < -0.3 is 4.90 Å². The van der Waals surface area contributed by atoms with E-state index in [1.807, 2.05) is 11.2 Å². The van der Waals surface area contributed by atoms with Crippen molar-refractivity contribution in [2.24, 2.45) is 4.99 Å². The molecule has 0 aromatic carbocycles. The summed E-state index contributed by atoms with van der Waals surface area (Å²) >= 11 is 7.53. The van der Waals surface area contributed by atoms with Gasteiger partial charge in [-0.15, -0.1) is 18.2 Å². The van der Waals surface area contributed by atoms with E-state index < -0.39 is 0 Å². The zero-order valence-electron chi connectivity index (χ0n) is 6.70. The van der Waals surface area contributed by atoms with Crippen LogP contribution in [0.1, 0.15) is 0 Å². The summed E-state index contributed by atoms with van der Waals surface area (Å²) in [6.07, 6.45) is 10.6. The number of rotatable bonds is 2. The number of thioether (sulfide) groups is 1. The lowest BCUT2D eigenvalue weighted by atomic mass is 10.5. The second-order valence-corrected chi connectivity index (χ2v) is 3.46. The molecule has 0 aliphatic carbocycles. The summed E-state index contributed by atoms with van der Waals surface area (Å²) in [5.41, 5.74) is 0.0264. The van der Waals surface area contributed by atoms with Crippen molar-refractivity contribution in [2.75, 3.05) is 12.8 Å². The number of allylic oxidation sites excluding steroid dienone is 1. The Labute approximate surface area is 81.7 Å². The van der Waals surface area contributed by atoms with E-state index in [1.165, 1.54) is 0 Å². The fraction of sp³-hybridized carbons (Fsp3) is 0.375. The highest BCUT2D eigenvalue weighted by molar-refractivity contribution is 7.99. The normalized spacial score (nSPS) is 21.9. The molecule has 0 aromatic heterocycles. The minimum atomic E-state index is 0.0264. The van der Waals surface area contributed by atoms with Crippen LogP contribution in [-0.4, -0.2) is 29.4 Å². The minimum Gasteiger partial charge on any atom is -0.320 e. The average molecular weight is 201 g/mol. The molecular weight excluding hydrogens is 192 g/mol. The van der Waals surface area contributed by atoms with Crippen LogP contribution in [0.3, 0.4) is 0 Å². The summed E-state index contributed by atoms with van der Waals surface area (Å²) in [6, 6.07) is 0. The topological polar surface area (TPSA) is 15.6 Å². The van der Waals surface area contributed by atoms with Gasteiger partial charge in [0.05, 0.1) is 6.54 Å². The number of nitrogens with zero attached hydrogens (tertiary/aromatic N) is 2. The summed E-state index contributed by atoms with van der Waals surface area (Å²) in [6.45, 7) is 0.498. The Balaban J connectivity index is 2.73. The number of terminal acetylenes is 1. The van der Waals surface area contributed by atoms with Crippen molar-refractivity contribution in [1.82, 2.24) is 4.90 Å². The summed E-state index contributed by atoms with van der Waals surface area (Å²) < 4.78 is 0. The van der Waals surface area contributed by atoms with Gasteiger partial charge >= 0.3 is 0 Å². The molecule has 0 fully saturated rings. The molecule has 1 atom stereocenters. The molecule has 0 saturated carbocycles. The number of hydrogen-bond donors (Lipinski definition) is 0. The van der Waals surface area contributed by atoms with Crippen molar-refractivity contribution >= 4 is 29.6 Å². The molecule has 0 spiro atoms. The van der Waals surface area contributed by atoms with Crippen molar-refractivity contribution in [3.05, 3.63) is 11.2 Å². The Morgan fingerprint density at radius 1 is 1.92 bits per heavy atom. The van der Waals surface area contributed by atoms with Crippen LogP contribution in [0.2, 0.25) is 0 Å². The van der Waals surface area contributed by atoms with Crippen molar-refractivity contribution < 1.29 is 0 Å². The maximum Gasteiger partial charge on any atom is 0.170 e. The van der Waals surface area contributed by atoms with E-state index >= 15 is 0 Å². The van der Waals surface area contributed by atoms with E-state index in [0.717, 1.165) is 0 Å². The van der Waals surface area contributed by atoms with Gasteiger partial charge in [-0.2, -0.15) is 0 Å². The van der Waals surface area contributed by atoms with E-state index in [4.69, 9.17) is 18.0 Å². The van der Waals surface area contributed by atoms with Gasteiger partial charge in [0.25, 0.3) is 0 Å². The summed E-state index contributed by atoms with van der Waals surface area (Å²) in [4.78, 5) is 6.07. The van der Waals surface area contributed by atoms with Gasteiger partial charge in [0, 0.05) is 6.21 Å². The molecule has 1 aliphatic rings. The van der Waals surface area contributed by atoms with Gasteiger partial charge in [-0.1, -0.05) is 17.5 Å². The molecule has 0 N–H and O–H groups in total. The predicted molar refractivity (Wildman–Crippen MR) is 55.3 cm³/mol. The van der Waals surface area contributed by atoms with Crippen LogP contribution in [0.25, 0.3) is 0 Å². The van der Waals surface area contributed by atoms with E-state index in [9.17, 15) is 0 Å². The van der Waals surface area contributed by atoms with Crippen LogP contribution in [0.5, 0.6) is 0 Å². The quantitative estimate of drug-likeness (QED) is 0.499. The number of aliphatic imine (C=N–C) groups is 1. The van der Waals surface area contributed by atoms with Crippen LogP contribution >= 0.6 is 23.4 Å². The Morgan fingerprint density at radius 2 is 2.67 bits per heavy atom. The zero-order chi connectivity index (χ0) is 8.97. The van der Waals surface area contributed by atoms with Crippen LogP contribution in [-0.2, 0) is 0 Å². The van der Waals surface area contributed by atoms with Crippen LogP contribution in [0.4, 0.5) is 0 Å². The Kier molecular flexibility index (Phi) is 3.51. The molecule has 2 nitrogen and oxygen atoms in total. The van der Waals surface area contributed by atoms with Gasteiger partial charge in [-0.3, -0.25) is 4.99 Å². The Hall–Kier alpha value is -0.590. The van der Waals surface area contributed by atoms with Crippen LogP contribution in [0.15, 0.2) is 16.2 Å². The van der Waals surface area contributed by atoms with E-state index in [0.29, 0.717) is 11.7 Å². The molecule has 1 rings (SSSR count). The van der Waals surface area contributed by atoms with Gasteiger partial charge in [0.1, 0.15) is 5.16 Å². The van der Waals surface area contributed by atoms with Gasteiger partial charge in [0.15, 0.2) is 5.50 Å². The predicted octanol–water partition coefficient (Wildman–Crippen LogP) is 1.73. The van der Waals surface area contributed by atoms with Crippen molar-refractivity contribution in [1.29, 1.82) is 0 Å². The van der Waals surface area contributed by atoms with Crippen molar-refractivity contribution in [3.63, 3.8) is 0 Å². The smallest absolute Gasteiger partial charge is 0.170 e. The fourth-order valence-corrected chi connectivity index (χ4v) is 1.80. The maximum atomic E-state index is 5.92. The summed E-state index contributed by atoms with van der Waals surface area (Å²) in [7, 11) is 0. The molecule has 12 heavy (non-hydrogen) atoms. The highest BCUT2D eigenvalue weighted by Gasteiger charge is 2.18. The maximum absolute atomic E-state index is 5.92. The van der Waals surface area contributed by atoms with Crippen molar-refractivity contribution in [3.8, 4) is 12.3 Å². The first-order valence-corrected chi connectivity index (χ1v) is 5.08. The van der Waals surface area contributed by atoms with E-state index in [1.54, 1.807) is 24.1 Å². The molecule has 4 heteroatoms. The Morgan fingerprint density at radius 3 is 3.25 bits per heavy atom. The lowest BCUT2D eigenvalue weighted by Crippen LogP contribution is -2.31. The highest BCUT2D eigenvalue weighted by Crippen LogP contribution is 2.23. The summed E-state index contributed by atoms with van der Waals surface area (Å²) in [5, 5.41) is 0.655. The lowest BCUT2D eigenvalue weighted by molar-refractivity contribution is 0.390. The van der Waals surface area contributed by atoms with Gasteiger partial charge in [0.2, 0.25) is 0 Å². The molecule has 1 aliphatic heterocycles. The molecule has 0 amide bonds. The molecule has 0 bridgehead atoms. The monoisotopic (exact) mass is 200 g/mol. The lowest BCUT2D eigenvalue weighted by Gasteiger charge is -2.28. The first-order chi connectivity index (χ1) is 5.79. The average Bonchev–Trinajstić information content (AvgIpc) is 2.09. The third kappa shape index (κ3) is 1.96. The first kappa shape index (κ1) is 9.50. The highest BCUT2D eigenvalue weighted by atomic mass is 35.5. The Bertz CT molecular complexity index is 254. The standard InChI is InChI=1S/C8H9ClN2S/c1-3-6-11-7(9)4-5-10-8(11)12-2/h1,4-5,8H,6H2,2H3. The van der Waals surface area contributed by atoms with E-state index in [2.05, 4.69) is 10.9 Å². The van der Waals surface area contributed by atoms with Gasteiger partial charge in [-0.05, 0) is 12.3 Å². The molecule has 1 heterocycles. The second kappa shape index (κ2) is 4.44. The molecular formula is C8H9ClN2S. The van der Waals surface area contributed by atoms with Crippen LogP contribution < -0.4 is 0 Å². The van der Waals surface area contributed by atoms with Crippen molar-refractivity contribution in [2.45, 2.75) is 5.50 Å². The number of halogens is 1. The molecule has 0 saturated heterocycles. The zero-order valence-corrected chi connectivity index (χ0v) is 8.27.